The fraction of sp³-hybridized carbons (Fsp3) is 0.562. The third-order valence-electron chi connectivity index (χ3n) is 4.23. The lowest BCUT2D eigenvalue weighted by molar-refractivity contribution is 0.0642. The van der Waals surface area contributed by atoms with Crippen molar-refractivity contribution in [2.75, 3.05) is 31.6 Å². The van der Waals surface area contributed by atoms with Crippen LogP contribution >= 0.6 is 0 Å². The van der Waals surface area contributed by atoms with Gasteiger partial charge in [0.15, 0.2) is 0 Å². The minimum absolute atomic E-state index is 0.0667. The Bertz CT molecular complexity index is 481. The summed E-state index contributed by atoms with van der Waals surface area (Å²) in [6.45, 7) is 3.41. The van der Waals surface area contributed by atoms with E-state index in [1.165, 1.54) is 5.56 Å². The third-order valence-corrected chi connectivity index (χ3v) is 4.23. The molecule has 4 heteroatoms. The molecule has 1 fully saturated rings. The quantitative estimate of drug-likeness (QED) is 0.888. The van der Waals surface area contributed by atoms with Gasteiger partial charge in [-0.1, -0.05) is 6.07 Å². The van der Waals surface area contributed by atoms with Crippen LogP contribution in [0.2, 0.25) is 0 Å². The number of rotatable bonds is 3. The van der Waals surface area contributed by atoms with Gasteiger partial charge in [-0.05, 0) is 49.3 Å². The molecule has 0 unspecified atom stereocenters. The fourth-order valence-electron chi connectivity index (χ4n) is 3.01. The summed E-state index contributed by atoms with van der Waals surface area (Å²) in [5, 5.41) is 6.46. The van der Waals surface area contributed by atoms with E-state index in [2.05, 4.69) is 16.7 Å². The van der Waals surface area contributed by atoms with Crippen LogP contribution in [0.25, 0.3) is 0 Å². The highest BCUT2D eigenvalue weighted by molar-refractivity contribution is 5.97. The Morgan fingerprint density at radius 1 is 1.35 bits per heavy atom. The number of ether oxygens (including phenoxy) is 1. The van der Waals surface area contributed by atoms with E-state index >= 15 is 0 Å². The molecule has 2 aliphatic rings. The summed E-state index contributed by atoms with van der Waals surface area (Å²) in [5.74, 6) is 0.627. The first-order chi connectivity index (χ1) is 9.84. The normalized spacial score (nSPS) is 19.0. The van der Waals surface area contributed by atoms with Gasteiger partial charge in [0.25, 0.3) is 5.91 Å². The van der Waals surface area contributed by atoms with Gasteiger partial charge in [0.2, 0.25) is 0 Å². The zero-order chi connectivity index (χ0) is 13.8. The SMILES string of the molecule is O=C(NCC1CCOCC1)c1cccc2c1CCCN2. The van der Waals surface area contributed by atoms with E-state index < -0.39 is 0 Å². The van der Waals surface area contributed by atoms with Crippen molar-refractivity contribution >= 4 is 11.6 Å². The van der Waals surface area contributed by atoms with Gasteiger partial charge in [-0.2, -0.15) is 0 Å². The average molecular weight is 274 g/mol. The zero-order valence-corrected chi connectivity index (χ0v) is 11.8. The highest BCUT2D eigenvalue weighted by atomic mass is 16.5. The lowest BCUT2D eigenvalue weighted by atomic mass is 9.96. The van der Waals surface area contributed by atoms with E-state index in [1.807, 2.05) is 12.1 Å². The minimum atomic E-state index is 0.0667. The van der Waals surface area contributed by atoms with E-state index in [9.17, 15) is 4.79 Å². The monoisotopic (exact) mass is 274 g/mol. The Balaban J connectivity index is 1.64. The van der Waals surface area contributed by atoms with Crippen LogP contribution in [0.3, 0.4) is 0 Å². The van der Waals surface area contributed by atoms with Gasteiger partial charge in [0.05, 0.1) is 0 Å². The van der Waals surface area contributed by atoms with Crippen LogP contribution < -0.4 is 10.6 Å². The van der Waals surface area contributed by atoms with Crippen LogP contribution in [0, 0.1) is 5.92 Å². The summed E-state index contributed by atoms with van der Waals surface area (Å²) in [4.78, 5) is 12.4. The maximum atomic E-state index is 12.4. The molecule has 20 heavy (non-hydrogen) atoms. The molecule has 1 amide bonds. The smallest absolute Gasteiger partial charge is 0.251 e. The molecular weight excluding hydrogens is 252 g/mol. The van der Waals surface area contributed by atoms with Crippen LogP contribution in [0.15, 0.2) is 18.2 Å². The molecule has 0 atom stereocenters. The van der Waals surface area contributed by atoms with Crippen molar-refractivity contribution in [3.63, 3.8) is 0 Å². The second kappa shape index (κ2) is 6.27. The van der Waals surface area contributed by atoms with Gasteiger partial charge in [0.1, 0.15) is 0 Å². The molecule has 3 rings (SSSR count). The number of nitrogens with one attached hydrogen (secondary N) is 2. The van der Waals surface area contributed by atoms with Crippen molar-refractivity contribution in [3.8, 4) is 0 Å². The Kier molecular flexibility index (Phi) is 4.21. The number of hydrogen-bond donors (Lipinski definition) is 2. The van der Waals surface area contributed by atoms with Gasteiger partial charge in [-0.25, -0.2) is 0 Å². The summed E-state index contributed by atoms with van der Waals surface area (Å²) >= 11 is 0. The Hall–Kier alpha value is -1.55. The molecule has 2 heterocycles. The molecule has 2 N–H and O–H groups in total. The van der Waals surface area contributed by atoms with Gasteiger partial charge >= 0.3 is 0 Å². The van der Waals surface area contributed by atoms with Crippen molar-refractivity contribution in [1.82, 2.24) is 5.32 Å². The molecule has 0 aliphatic carbocycles. The van der Waals surface area contributed by atoms with Crippen LogP contribution in [0.5, 0.6) is 0 Å². The predicted octanol–water partition coefficient (Wildman–Crippen LogP) is 2.20. The van der Waals surface area contributed by atoms with Crippen LogP contribution in [0.1, 0.15) is 35.2 Å². The first-order valence-electron chi connectivity index (χ1n) is 7.56. The van der Waals surface area contributed by atoms with Crippen LogP contribution in [0.4, 0.5) is 5.69 Å². The molecule has 108 valence electrons. The number of anilines is 1. The Morgan fingerprint density at radius 3 is 3.05 bits per heavy atom. The number of benzene rings is 1. The molecule has 0 spiro atoms. The number of fused-ring (bicyclic) bond motifs is 1. The van der Waals surface area contributed by atoms with Crippen LogP contribution in [-0.4, -0.2) is 32.2 Å². The summed E-state index contributed by atoms with van der Waals surface area (Å²) in [6, 6.07) is 5.95. The maximum Gasteiger partial charge on any atom is 0.251 e. The van der Waals surface area contributed by atoms with Gasteiger partial charge in [0, 0.05) is 37.6 Å². The Labute approximate surface area is 119 Å². The minimum Gasteiger partial charge on any atom is -0.385 e. The topological polar surface area (TPSA) is 50.4 Å². The lowest BCUT2D eigenvalue weighted by Gasteiger charge is -2.23. The lowest BCUT2D eigenvalue weighted by Crippen LogP contribution is -2.33. The highest BCUT2D eigenvalue weighted by Crippen LogP contribution is 2.25. The van der Waals surface area contributed by atoms with E-state index in [4.69, 9.17) is 4.74 Å². The standard InChI is InChI=1S/C16H22N2O2/c19-16(18-11-12-6-9-20-10-7-12)14-3-1-5-15-13(14)4-2-8-17-15/h1,3,5,12,17H,2,4,6-11H2,(H,18,19). The number of carbonyl (C=O) groups is 1. The van der Waals surface area contributed by atoms with Gasteiger partial charge in [-0.15, -0.1) is 0 Å². The molecule has 1 aromatic carbocycles. The highest BCUT2D eigenvalue weighted by Gasteiger charge is 2.19. The predicted molar refractivity (Wildman–Crippen MR) is 79.1 cm³/mol. The van der Waals surface area contributed by atoms with Crippen LogP contribution in [-0.2, 0) is 11.2 Å². The molecule has 0 saturated carbocycles. The van der Waals surface area contributed by atoms with Crippen molar-refractivity contribution < 1.29 is 9.53 Å². The largest absolute Gasteiger partial charge is 0.385 e. The fourth-order valence-corrected chi connectivity index (χ4v) is 3.01. The van der Waals surface area contributed by atoms with E-state index in [0.29, 0.717) is 5.92 Å². The second-order valence-electron chi connectivity index (χ2n) is 5.63. The van der Waals surface area contributed by atoms with E-state index in [-0.39, 0.29) is 5.91 Å². The second-order valence-corrected chi connectivity index (χ2v) is 5.63. The summed E-state index contributed by atoms with van der Waals surface area (Å²) in [5.41, 5.74) is 3.12. The van der Waals surface area contributed by atoms with Gasteiger partial charge in [-0.3, -0.25) is 4.79 Å². The molecule has 4 nitrogen and oxygen atoms in total. The molecule has 0 bridgehead atoms. The molecule has 1 saturated heterocycles. The molecule has 0 aromatic heterocycles. The van der Waals surface area contributed by atoms with E-state index in [1.54, 1.807) is 0 Å². The third kappa shape index (κ3) is 2.96. The summed E-state index contributed by atoms with van der Waals surface area (Å²) < 4.78 is 5.34. The number of amides is 1. The van der Waals surface area contributed by atoms with Crippen molar-refractivity contribution in [3.05, 3.63) is 29.3 Å². The van der Waals surface area contributed by atoms with Crippen molar-refractivity contribution in [1.29, 1.82) is 0 Å². The summed E-state index contributed by atoms with van der Waals surface area (Å²) in [6.07, 6.45) is 4.18. The van der Waals surface area contributed by atoms with Crippen molar-refractivity contribution in [2.45, 2.75) is 25.7 Å². The first kappa shape index (κ1) is 13.4. The average Bonchev–Trinajstić information content (AvgIpc) is 2.53. The number of carbonyl (C=O) groups excluding carboxylic acids is 1. The van der Waals surface area contributed by atoms with Gasteiger partial charge < -0.3 is 15.4 Å². The molecule has 1 aromatic rings. The summed E-state index contributed by atoms with van der Waals surface area (Å²) in [7, 11) is 0. The maximum absolute atomic E-state index is 12.4. The van der Waals surface area contributed by atoms with E-state index in [0.717, 1.165) is 63.2 Å². The van der Waals surface area contributed by atoms with Crippen molar-refractivity contribution in [2.24, 2.45) is 5.92 Å². The molecule has 2 aliphatic heterocycles. The first-order valence-corrected chi connectivity index (χ1v) is 7.56. The zero-order valence-electron chi connectivity index (χ0n) is 11.8. The Morgan fingerprint density at radius 2 is 2.20 bits per heavy atom. The molecule has 0 radical (unpaired) electrons. The molecular formula is C16H22N2O2. The number of hydrogen-bond acceptors (Lipinski definition) is 3.